The summed E-state index contributed by atoms with van der Waals surface area (Å²) in [6.45, 7) is 0. The van der Waals surface area contributed by atoms with Crippen molar-refractivity contribution in [3.8, 4) is 0 Å². The summed E-state index contributed by atoms with van der Waals surface area (Å²) in [7, 11) is 0. The second kappa shape index (κ2) is 6.78. The van der Waals surface area contributed by atoms with Crippen molar-refractivity contribution in [1.29, 1.82) is 0 Å². The lowest BCUT2D eigenvalue weighted by Gasteiger charge is -2.08. The molecular formula is C15H11N3O2. The Morgan fingerprint density at radius 2 is 1.55 bits per heavy atom. The van der Waals surface area contributed by atoms with Gasteiger partial charge in [-0.25, -0.2) is 4.79 Å². The molecule has 5 heteroatoms. The van der Waals surface area contributed by atoms with Crippen LogP contribution in [0.25, 0.3) is 16.2 Å². The Labute approximate surface area is 115 Å². The minimum Gasteiger partial charge on any atom is -0.422 e. The second-order valence-corrected chi connectivity index (χ2v) is 3.82. The van der Waals surface area contributed by atoms with E-state index in [1.54, 1.807) is 48.5 Å². The van der Waals surface area contributed by atoms with Gasteiger partial charge < -0.3 is 4.74 Å². The summed E-state index contributed by atoms with van der Waals surface area (Å²) >= 11 is 0. The van der Waals surface area contributed by atoms with E-state index in [-0.39, 0.29) is 5.76 Å². The Balaban J connectivity index is 2.26. The number of carbonyl (C=O) groups is 1. The standard InChI is InChI=1S/C15H11N3O2/c16-18-17-11-14(12-7-3-1-4-8-12)20-15(19)13-9-5-2-6-10-13/h1-11H/b14-11-. The Hall–Kier alpha value is -3.04. The highest BCUT2D eigenvalue weighted by Crippen LogP contribution is 2.18. The predicted molar refractivity (Wildman–Crippen MR) is 75.4 cm³/mol. The molecule has 0 amide bonds. The third kappa shape index (κ3) is 3.48. The van der Waals surface area contributed by atoms with Gasteiger partial charge in [0.2, 0.25) is 0 Å². The molecule has 0 bridgehead atoms. The number of hydrogen-bond acceptors (Lipinski definition) is 3. The Morgan fingerprint density at radius 1 is 1.00 bits per heavy atom. The van der Waals surface area contributed by atoms with Crippen molar-refractivity contribution in [1.82, 2.24) is 0 Å². The zero-order chi connectivity index (χ0) is 14.2. The van der Waals surface area contributed by atoms with E-state index in [9.17, 15) is 4.79 Å². The maximum absolute atomic E-state index is 12.0. The lowest BCUT2D eigenvalue weighted by Crippen LogP contribution is -2.04. The number of esters is 1. The Morgan fingerprint density at radius 3 is 2.10 bits per heavy atom. The molecule has 0 radical (unpaired) electrons. The van der Waals surface area contributed by atoms with Gasteiger partial charge in [-0.1, -0.05) is 53.6 Å². The van der Waals surface area contributed by atoms with Crippen LogP contribution in [-0.4, -0.2) is 5.97 Å². The molecule has 0 unspecified atom stereocenters. The van der Waals surface area contributed by atoms with Crippen LogP contribution in [0.5, 0.6) is 0 Å². The number of nitrogens with zero attached hydrogens (tertiary/aromatic N) is 3. The quantitative estimate of drug-likeness (QED) is 0.274. The first-order chi connectivity index (χ1) is 9.81. The molecular weight excluding hydrogens is 254 g/mol. The molecule has 5 nitrogen and oxygen atoms in total. The molecule has 0 aliphatic rings. The molecule has 0 atom stereocenters. The summed E-state index contributed by atoms with van der Waals surface area (Å²) in [4.78, 5) is 14.6. The summed E-state index contributed by atoms with van der Waals surface area (Å²) in [5.41, 5.74) is 9.47. The summed E-state index contributed by atoms with van der Waals surface area (Å²) in [5.74, 6) is -0.300. The van der Waals surface area contributed by atoms with Gasteiger partial charge in [0, 0.05) is 16.7 Å². The van der Waals surface area contributed by atoms with Gasteiger partial charge in [0.25, 0.3) is 0 Å². The van der Waals surface area contributed by atoms with Crippen molar-refractivity contribution >= 4 is 11.7 Å². The number of ether oxygens (including phenoxy) is 1. The van der Waals surface area contributed by atoms with Crippen molar-refractivity contribution < 1.29 is 9.53 Å². The number of carbonyl (C=O) groups excluding carboxylic acids is 1. The Kier molecular flexibility index (Phi) is 4.54. The lowest BCUT2D eigenvalue weighted by atomic mass is 10.2. The summed E-state index contributed by atoms with van der Waals surface area (Å²) in [5, 5.41) is 3.34. The molecule has 2 aromatic carbocycles. The van der Waals surface area contributed by atoms with E-state index in [0.29, 0.717) is 11.1 Å². The molecule has 0 N–H and O–H groups in total. The van der Waals surface area contributed by atoms with Crippen molar-refractivity contribution in [2.75, 3.05) is 0 Å². The topological polar surface area (TPSA) is 75.1 Å². The smallest absolute Gasteiger partial charge is 0.343 e. The molecule has 0 heterocycles. The highest BCUT2D eigenvalue weighted by atomic mass is 16.5. The predicted octanol–water partition coefficient (Wildman–Crippen LogP) is 4.15. The van der Waals surface area contributed by atoms with Gasteiger partial charge in [-0.2, -0.15) is 0 Å². The monoisotopic (exact) mass is 265 g/mol. The third-order valence-corrected chi connectivity index (χ3v) is 2.50. The van der Waals surface area contributed by atoms with Crippen LogP contribution in [0.15, 0.2) is 72.0 Å². The summed E-state index contributed by atoms with van der Waals surface area (Å²) in [6, 6.07) is 17.6. The molecule has 0 fully saturated rings. The summed E-state index contributed by atoms with van der Waals surface area (Å²) < 4.78 is 5.28. The van der Waals surface area contributed by atoms with Crippen LogP contribution in [0.4, 0.5) is 0 Å². The average Bonchev–Trinajstić information content (AvgIpc) is 2.53. The third-order valence-electron chi connectivity index (χ3n) is 2.50. The highest BCUT2D eigenvalue weighted by molar-refractivity contribution is 5.93. The number of benzene rings is 2. The molecule has 0 aliphatic heterocycles. The van der Waals surface area contributed by atoms with Crippen LogP contribution in [0.2, 0.25) is 0 Å². The first-order valence-electron chi connectivity index (χ1n) is 5.88. The average molecular weight is 265 g/mol. The number of azide groups is 1. The van der Waals surface area contributed by atoms with Crippen molar-refractivity contribution in [2.24, 2.45) is 5.11 Å². The minimum atomic E-state index is -0.506. The maximum Gasteiger partial charge on any atom is 0.343 e. The Bertz CT molecular complexity index is 660. The largest absolute Gasteiger partial charge is 0.422 e. The molecule has 0 saturated carbocycles. The van der Waals surface area contributed by atoms with Crippen LogP contribution in [0, 0.1) is 0 Å². The minimum absolute atomic E-state index is 0.206. The SMILES string of the molecule is [N-]=[N+]=N/C=C(\OC(=O)c1ccccc1)c1ccccc1. The molecule has 0 aliphatic carbocycles. The fraction of sp³-hybridized carbons (Fsp3) is 0. The van der Waals surface area contributed by atoms with Gasteiger partial charge in [-0.05, 0) is 17.7 Å². The van der Waals surface area contributed by atoms with Gasteiger partial charge in [-0.15, -0.1) is 0 Å². The normalized spacial score (nSPS) is 10.5. The molecule has 0 spiro atoms. The van der Waals surface area contributed by atoms with Gasteiger partial charge in [0.05, 0.1) is 5.56 Å². The molecule has 98 valence electrons. The van der Waals surface area contributed by atoms with E-state index in [4.69, 9.17) is 10.3 Å². The first kappa shape index (κ1) is 13.4. The van der Waals surface area contributed by atoms with Crippen molar-refractivity contribution in [3.05, 3.63) is 88.4 Å². The molecule has 2 aromatic rings. The van der Waals surface area contributed by atoms with Gasteiger partial charge in [0.15, 0.2) is 0 Å². The highest BCUT2D eigenvalue weighted by Gasteiger charge is 2.10. The fourth-order valence-corrected chi connectivity index (χ4v) is 1.57. The fourth-order valence-electron chi connectivity index (χ4n) is 1.57. The molecule has 2 rings (SSSR count). The summed E-state index contributed by atoms with van der Waals surface area (Å²) in [6.07, 6.45) is 1.18. The number of hydrogen-bond donors (Lipinski definition) is 0. The second-order valence-electron chi connectivity index (χ2n) is 3.82. The van der Waals surface area contributed by atoms with E-state index in [0.717, 1.165) is 0 Å². The van der Waals surface area contributed by atoms with E-state index in [1.807, 2.05) is 12.1 Å². The van der Waals surface area contributed by atoms with Crippen molar-refractivity contribution in [2.45, 2.75) is 0 Å². The first-order valence-corrected chi connectivity index (χ1v) is 5.88. The zero-order valence-corrected chi connectivity index (χ0v) is 10.5. The van der Waals surface area contributed by atoms with E-state index < -0.39 is 5.97 Å². The maximum atomic E-state index is 12.0. The van der Waals surface area contributed by atoms with Gasteiger partial charge in [0.1, 0.15) is 5.76 Å². The van der Waals surface area contributed by atoms with Crippen molar-refractivity contribution in [3.63, 3.8) is 0 Å². The molecule has 0 saturated heterocycles. The van der Waals surface area contributed by atoms with E-state index in [1.165, 1.54) is 6.20 Å². The zero-order valence-electron chi connectivity index (χ0n) is 10.5. The molecule has 0 aromatic heterocycles. The number of rotatable bonds is 4. The lowest BCUT2D eigenvalue weighted by molar-refractivity contribution is 0.0691. The van der Waals surface area contributed by atoms with Crippen LogP contribution in [-0.2, 0) is 4.74 Å². The molecule has 20 heavy (non-hydrogen) atoms. The van der Waals surface area contributed by atoms with E-state index >= 15 is 0 Å². The van der Waals surface area contributed by atoms with Gasteiger partial charge >= 0.3 is 5.97 Å². The van der Waals surface area contributed by atoms with E-state index in [2.05, 4.69) is 10.0 Å². The van der Waals surface area contributed by atoms with Crippen LogP contribution in [0.3, 0.4) is 0 Å². The van der Waals surface area contributed by atoms with Gasteiger partial charge in [-0.3, -0.25) is 0 Å². The van der Waals surface area contributed by atoms with Crippen LogP contribution >= 0.6 is 0 Å². The van der Waals surface area contributed by atoms with Crippen LogP contribution < -0.4 is 0 Å². The van der Waals surface area contributed by atoms with Crippen LogP contribution in [0.1, 0.15) is 15.9 Å².